The van der Waals surface area contributed by atoms with E-state index in [1.807, 2.05) is 20.8 Å². The highest BCUT2D eigenvalue weighted by Gasteiger charge is 2.27. The number of furan rings is 1. The predicted octanol–water partition coefficient (Wildman–Crippen LogP) is 1.02. The van der Waals surface area contributed by atoms with Crippen LogP contribution in [-0.2, 0) is 15.4 Å². The summed E-state index contributed by atoms with van der Waals surface area (Å²) in [6.45, 7) is 5.52. The minimum Gasteiger partial charge on any atom is -0.456 e. The van der Waals surface area contributed by atoms with Gasteiger partial charge in [-0.25, -0.2) is 13.6 Å². The molecule has 4 nitrogen and oxygen atoms in total. The molecule has 0 saturated heterocycles. The van der Waals surface area contributed by atoms with Crippen molar-refractivity contribution in [2.45, 2.75) is 31.1 Å². The van der Waals surface area contributed by atoms with Gasteiger partial charge in [0, 0.05) is 11.5 Å². The van der Waals surface area contributed by atoms with Crippen LogP contribution in [0.2, 0.25) is 0 Å². The average Bonchev–Trinajstić information content (AvgIpc) is 2.27. The molecule has 1 aromatic rings. The van der Waals surface area contributed by atoms with Crippen LogP contribution < -0.4 is 5.14 Å². The number of rotatable bonds is 1. The van der Waals surface area contributed by atoms with Gasteiger partial charge in [0.2, 0.25) is 10.0 Å². The maximum absolute atomic E-state index is 11.1. The molecule has 0 fully saturated rings. The molecule has 0 aliphatic heterocycles. The van der Waals surface area contributed by atoms with Gasteiger partial charge >= 0.3 is 0 Å². The van der Waals surface area contributed by atoms with Crippen LogP contribution in [0.25, 0.3) is 0 Å². The van der Waals surface area contributed by atoms with Crippen molar-refractivity contribution in [3.8, 4) is 0 Å². The zero-order chi connectivity index (χ0) is 10.3. The van der Waals surface area contributed by atoms with Gasteiger partial charge in [-0.3, -0.25) is 0 Å². The van der Waals surface area contributed by atoms with Crippen molar-refractivity contribution in [3.63, 3.8) is 0 Å². The lowest BCUT2D eigenvalue weighted by atomic mass is 9.93. The van der Waals surface area contributed by atoms with Crippen molar-refractivity contribution in [3.05, 3.63) is 18.1 Å². The fraction of sp³-hybridized carbons (Fsp3) is 0.500. The Labute approximate surface area is 77.8 Å². The summed E-state index contributed by atoms with van der Waals surface area (Å²) in [5.74, 6) is 0.343. The summed E-state index contributed by atoms with van der Waals surface area (Å²) in [6, 6.07) is 1.25. The molecule has 0 atom stereocenters. The van der Waals surface area contributed by atoms with E-state index in [-0.39, 0.29) is 10.3 Å². The van der Waals surface area contributed by atoms with E-state index in [1.54, 1.807) is 0 Å². The molecule has 0 saturated carbocycles. The molecular weight excluding hydrogens is 190 g/mol. The van der Waals surface area contributed by atoms with E-state index in [0.29, 0.717) is 5.76 Å². The van der Waals surface area contributed by atoms with E-state index < -0.39 is 10.0 Å². The van der Waals surface area contributed by atoms with E-state index in [1.165, 1.54) is 6.07 Å². The van der Waals surface area contributed by atoms with Gasteiger partial charge in [0.05, 0.1) is 0 Å². The molecule has 73 valence electrons. The Balaban J connectivity index is 3.35. The molecule has 0 aliphatic rings. The molecule has 1 radical (unpaired) electrons. The molecule has 1 aromatic heterocycles. The van der Waals surface area contributed by atoms with Crippen molar-refractivity contribution >= 4 is 10.0 Å². The third-order valence-corrected chi connectivity index (χ3v) is 2.48. The van der Waals surface area contributed by atoms with Gasteiger partial charge in [-0.15, -0.1) is 0 Å². The largest absolute Gasteiger partial charge is 0.456 e. The van der Waals surface area contributed by atoms with E-state index in [0.717, 1.165) is 0 Å². The minimum atomic E-state index is -3.70. The second-order valence-corrected chi connectivity index (χ2v) is 5.38. The fourth-order valence-electron chi connectivity index (χ4n) is 0.992. The van der Waals surface area contributed by atoms with Crippen LogP contribution in [0.15, 0.2) is 15.4 Å². The monoisotopic (exact) mass is 202 g/mol. The standard InChI is InChI=1S/C8H12NO3S/c1-8(2,3)7-6(4-5-12-7)13(9,10)11/h4H,1-3H3,(H2,9,10,11). The Hall–Kier alpha value is -0.810. The van der Waals surface area contributed by atoms with Crippen LogP contribution in [0.4, 0.5) is 0 Å². The maximum Gasteiger partial charge on any atom is 0.241 e. The third-order valence-electron chi connectivity index (χ3n) is 1.56. The average molecular weight is 202 g/mol. The van der Waals surface area contributed by atoms with Crippen LogP contribution in [0, 0.1) is 6.26 Å². The second kappa shape index (κ2) is 2.85. The lowest BCUT2D eigenvalue weighted by Crippen LogP contribution is -2.19. The van der Waals surface area contributed by atoms with Gasteiger partial charge in [0.1, 0.15) is 10.7 Å². The van der Waals surface area contributed by atoms with Crippen molar-refractivity contribution in [2.75, 3.05) is 0 Å². The number of sulfonamides is 1. The molecule has 1 rings (SSSR count). The quantitative estimate of drug-likeness (QED) is 0.739. The van der Waals surface area contributed by atoms with Crippen molar-refractivity contribution < 1.29 is 12.8 Å². The Morgan fingerprint density at radius 2 is 2.00 bits per heavy atom. The van der Waals surface area contributed by atoms with Crippen molar-refractivity contribution in [1.82, 2.24) is 0 Å². The molecule has 13 heavy (non-hydrogen) atoms. The third kappa shape index (κ3) is 2.10. The number of nitrogens with two attached hydrogens (primary N) is 1. The number of hydrogen-bond donors (Lipinski definition) is 1. The summed E-state index contributed by atoms with van der Waals surface area (Å²) < 4.78 is 27.1. The van der Waals surface area contributed by atoms with Gasteiger partial charge in [0.25, 0.3) is 0 Å². The zero-order valence-electron chi connectivity index (χ0n) is 7.79. The van der Waals surface area contributed by atoms with E-state index in [9.17, 15) is 8.42 Å². The Bertz CT molecular complexity index is 397. The molecule has 0 amide bonds. The lowest BCUT2D eigenvalue weighted by Gasteiger charge is -2.15. The van der Waals surface area contributed by atoms with Crippen LogP contribution in [0.5, 0.6) is 0 Å². The fourth-order valence-corrected chi connectivity index (χ4v) is 1.81. The summed E-state index contributed by atoms with van der Waals surface area (Å²) in [7, 11) is -3.70. The van der Waals surface area contributed by atoms with Gasteiger partial charge < -0.3 is 4.42 Å². The zero-order valence-corrected chi connectivity index (χ0v) is 8.60. The van der Waals surface area contributed by atoms with Crippen LogP contribution >= 0.6 is 0 Å². The molecule has 0 aliphatic carbocycles. The molecule has 0 unspecified atom stereocenters. The molecule has 5 heteroatoms. The molecule has 0 bridgehead atoms. The Morgan fingerprint density at radius 1 is 1.46 bits per heavy atom. The summed E-state index contributed by atoms with van der Waals surface area (Å²) in [5, 5.41) is 4.99. The molecule has 0 aromatic carbocycles. The van der Waals surface area contributed by atoms with Crippen molar-refractivity contribution in [2.24, 2.45) is 5.14 Å². The van der Waals surface area contributed by atoms with Crippen molar-refractivity contribution in [1.29, 1.82) is 0 Å². The van der Waals surface area contributed by atoms with E-state index in [4.69, 9.17) is 9.56 Å². The predicted molar refractivity (Wildman–Crippen MR) is 47.6 cm³/mol. The van der Waals surface area contributed by atoms with Gasteiger partial charge in [-0.1, -0.05) is 20.8 Å². The SMILES string of the molecule is CC(C)(C)c1o[c]cc1S(N)(=O)=O. The second-order valence-electron chi connectivity index (χ2n) is 3.85. The lowest BCUT2D eigenvalue weighted by molar-refractivity contribution is 0.393. The van der Waals surface area contributed by atoms with Crippen LogP contribution in [0.1, 0.15) is 26.5 Å². The smallest absolute Gasteiger partial charge is 0.241 e. The molecule has 2 N–H and O–H groups in total. The van der Waals surface area contributed by atoms with Gasteiger partial charge in [-0.2, -0.15) is 0 Å². The summed E-state index contributed by atoms with van der Waals surface area (Å²) >= 11 is 0. The molecular formula is C8H12NO3S. The Kier molecular flexibility index (Phi) is 2.25. The molecule has 0 spiro atoms. The van der Waals surface area contributed by atoms with E-state index in [2.05, 4.69) is 6.26 Å². The molecule has 1 heterocycles. The number of hydrogen-bond acceptors (Lipinski definition) is 3. The summed E-state index contributed by atoms with van der Waals surface area (Å²) in [6.07, 6.45) is 2.38. The maximum atomic E-state index is 11.1. The van der Waals surface area contributed by atoms with Gasteiger partial charge in [0.15, 0.2) is 6.26 Å². The Morgan fingerprint density at radius 3 is 2.31 bits per heavy atom. The first-order chi connectivity index (χ1) is 5.73. The van der Waals surface area contributed by atoms with Crippen LogP contribution in [-0.4, -0.2) is 8.42 Å². The minimum absolute atomic E-state index is 0.0139. The first-order valence-electron chi connectivity index (χ1n) is 3.76. The highest BCUT2D eigenvalue weighted by Crippen LogP contribution is 2.28. The topological polar surface area (TPSA) is 73.3 Å². The highest BCUT2D eigenvalue weighted by molar-refractivity contribution is 7.89. The normalized spacial score (nSPS) is 13.2. The summed E-state index contributed by atoms with van der Waals surface area (Å²) in [4.78, 5) is 0.0139. The first kappa shape index (κ1) is 10.3. The van der Waals surface area contributed by atoms with Gasteiger partial charge in [-0.05, 0) is 0 Å². The first-order valence-corrected chi connectivity index (χ1v) is 5.31. The van der Waals surface area contributed by atoms with Crippen LogP contribution in [0.3, 0.4) is 0 Å². The highest BCUT2D eigenvalue weighted by atomic mass is 32.2. The summed E-state index contributed by atoms with van der Waals surface area (Å²) in [5.41, 5.74) is -0.387. The van der Waals surface area contributed by atoms with E-state index >= 15 is 0 Å². The number of primary sulfonamides is 1.